The molecule has 90 valence electrons. The summed E-state index contributed by atoms with van der Waals surface area (Å²) in [6.07, 6.45) is 0. The van der Waals surface area contributed by atoms with E-state index in [1.54, 1.807) is 0 Å². The highest BCUT2D eigenvalue weighted by molar-refractivity contribution is 14.1. The number of hydrogen-bond acceptors (Lipinski definition) is 1. The van der Waals surface area contributed by atoms with Crippen LogP contribution < -0.4 is 0 Å². The van der Waals surface area contributed by atoms with Crippen molar-refractivity contribution < 1.29 is 0 Å². The Morgan fingerprint density at radius 3 is 2.56 bits per heavy atom. The van der Waals surface area contributed by atoms with Crippen LogP contribution in [-0.2, 0) is 6.54 Å². The minimum atomic E-state index is 0.823. The van der Waals surface area contributed by atoms with Crippen LogP contribution in [0.3, 0.4) is 0 Å². The molecule has 0 aliphatic heterocycles. The van der Waals surface area contributed by atoms with Crippen molar-refractivity contribution in [3.05, 3.63) is 63.4 Å². The molecule has 0 unspecified atom stereocenters. The van der Waals surface area contributed by atoms with Crippen LogP contribution in [0.25, 0.3) is 10.9 Å². The Morgan fingerprint density at radius 2 is 1.78 bits per heavy atom. The maximum atomic E-state index is 4.61. The predicted octanol–water partition coefficient (Wildman–Crippen LogP) is 4.00. The van der Waals surface area contributed by atoms with Gasteiger partial charge in [-0.2, -0.15) is 5.10 Å². The van der Waals surface area contributed by atoms with E-state index in [1.807, 2.05) is 0 Å². The topological polar surface area (TPSA) is 17.8 Å². The molecule has 0 saturated carbocycles. The Morgan fingerprint density at radius 1 is 1.06 bits per heavy atom. The number of para-hydroxylation sites is 1. The fourth-order valence-electron chi connectivity index (χ4n) is 2.07. The number of halogens is 1. The molecular weight excluding hydrogens is 335 g/mol. The number of rotatable bonds is 2. The van der Waals surface area contributed by atoms with E-state index in [2.05, 4.69) is 87.8 Å². The van der Waals surface area contributed by atoms with E-state index in [9.17, 15) is 0 Å². The van der Waals surface area contributed by atoms with Crippen LogP contribution in [0, 0.1) is 10.6 Å². The molecule has 0 bridgehead atoms. The number of fused-ring (bicyclic) bond motifs is 1. The monoisotopic (exact) mass is 348 g/mol. The van der Waals surface area contributed by atoms with Gasteiger partial charge in [0.05, 0.1) is 12.1 Å². The van der Waals surface area contributed by atoms with Gasteiger partial charge < -0.3 is 0 Å². The van der Waals surface area contributed by atoms with Crippen LogP contribution in [0.1, 0.15) is 11.1 Å². The SMILES string of the molecule is Cc1ccc(Cn2nc(I)c3ccccc32)cc1. The van der Waals surface area contributed by atoms with Crippen molar-refractivity contribution in [1.29, 1.82) is 0 Å². The number of nitrogens with zero attached hydrogens (tertiary/aromatic N) is 2. The normalized spacial score (nSPS) is 11.0. The first-order chi connectivity index (χ1) is 8.74. The lowest BCUT2D eigenvalue weighted by Crippen LogP contribution is -2.01. The molecule has 3 heteroatoms. The first-order valence-corrected chi connectivity index (χ1v) is 6.98. The van der Waals surface area contributed by atoms with Crippen molar-refractivity contribution in [2.45, 2.75) is 13.5 Å². The van der Waals surface area contributed by atoms with Crippen LogP contribution in [0.4, 0.5) is 0 Å². The fourth-order valence-corrected chi connectivity index (χ4v) is 2.79. The minimum absolute atomic E-state index is 0.823. The number of hydrogen-bond donors (Lipinski definition) is 0. The van der Waals surface area contributed by atoms with E-state index in [-0.39, 0.29) is 0 Å². The zero-order valence-corrected chi connectivity index (χ0v) is 12.3. The van der Waals surface area contributed by atoms with Crippen molar-refractivity contribution in [2.75, 3.05) is 0 Å². The Balaban J connectivity index is 2.02. The summed E-state index contributed by atoms with van der Waals surface area (Å²) in [7, 11) is 0. The Bertz CT molecular complexity index is 683. The maximum absolute atomic E-state index is 4.61. The molecule has 0 aliphatic rings. The summed E-state index contributed by atoms with van der Waals surface area (Å²) in [6, 6.07) is 17.0. The van der Waals surface area contributed by atoms with E-state index in [0.29, 0.717) is 0 Å². The summed E-state index contributed by atoms with van der Waals surface area (Å²) in [5.41, 5.74) is 3.77. The maximum Gasteiger partial charge on any atom is 0.131 e. The molecule has 0 amide bonds. The van der Waals surface area contributed by atoms with Gasteiger partial charge in [-0.25, -0.2) is 0 Å². The summed E-state index contributed by atoms with van der Waals surface area (Å²) >= 11 is 2.30. The van der Waals surface area contributed by atoms with Crippen molar-refractivity contribution in [2.24, 2.45) is 0 Å². The zero-order chi connectivity index (χ0) is 12.5. The van der Waals surface area contributed by atoms with Gasteiger partial charge in [-0.1, -0.05) is 48.0 Å². The smallest absolute Gasteiger partial charge is 0.131 e. The van der Waals surface area contributed by atoms with Crippen LogP contribution in [0.2, 0.25) is 0 Å². The lowest BCUT2D eigenvalue weighted by Gasteiger charge is -2.04. The molecule has 3 aromatic rings. The van der Waals surface area contributed by atoms with Crippen molar-refractivity contribution >= 4 is 33.5 Å². The van der Waals surface area contributed by atoms with E-state index < -0.39 is 0 Å². The van der Waals surface area contributed by atoms with Gasteiger partial charge in [-0.15, -0.1) is 0 Å². The molecule has 2 nitrogen and oxygen atoms in total. The molecule has 0 spiro atoms. The summed E-state index contributed by atoms with van der Waals surface area (Å²) in [6.45, 7) is 2.93. The van der Waals surface area contributed by atoms with Gasteiger partial charge in [0.2, 0.25) is 0 Å². The Kier molecular flexibility index (Phi) is 3.07. The highest BCUT2D eigenvalue weighted by Gasteiger charge is 2.07. The molecule has 0 fully saturated rings. The minimum Gasteiger partial charge on any atom is -0.259 e. The third-order valence-electron chi connectivity index (χ3n) is 3.07. The number of aryl methyl sites for hydroxylation is 1. The van der Waals surface area contributed by atoms with Crippen LogP contribution in [0.5, 0.6) is 0 Å². The largest absolute Gasteiger partial charge is 0.259 e. The molecular formula is C15H13IN2. The third kappa shape index (κ3) is 2.14. The van der Waals surface area contributed by atoms with Crippen LogP contribution in [0.15, 0.2) is 48.5 Å². The summed E-state index contributed by atoms with van der Waals surface area (Å²) < 4.78 is 3.14. The predicted molar refractivity (Wildman–Crippen MR) is 82.7 cm³/mol. The Labute approximate surface area is 120 Å². The zero-order valence-electron chi connectivity index (χ0n) is 10.1. The van der Waals surface area contributed by atoms with Gasteiger partial charge >= 0.3 is 0 Å². The average molecular weight is 348 g/mol. The second-order valence-electron chi connectivity index (χ2n) is 4.45. The Hall–Kier alpha value is -1.36. The third-order valence-corrected chi connectivity index (χ3v) is 3.86. The molecule has 3 rings (SSSR count). The lowest BCUT2D eigenvalue weighted by atomic mass is 10.1. The first kappa shape index (κ1) is 11.7. The van der Waals surface area contributed by atoms with Crippen LogP contribution >= 0.6 is 22.6 Å². The van der Waals surface area contributed by atoms with Gasteiger partial charge in [0, 0.05) is 5.39 Å². The van der Waals surface area contributed by atoms with E-state index in [4.69, 9.17) is 0 Å². The van der Waals surface area contributed by atoms with Gasteiger partial charge in [0.1, 0.15) is 3.70 Å². The molecule has 1 aromatic heterocycles. The van der Waals surface area contributed by atoms with Gasteiger partial charge in [0.15, 0.2) is 0 Å². The highest BCUT2D eigenvalue weighted by atomic mass is 127. The second kappa shape index (κ2) is 4.72. The second-order valence-corrected chi connectivity index (χ2v) is 5.47. The fraction of sp³-hybridized carbons (Fsp3) is 0.133. The average Bonchev–Trinajstić information content (AvgIpc) is 2.70. The number of aromatic nitrogens is 2. The van der Waals surface area contributed by atoms with Crippen molar-refractivity contribution in [3.63, 3.8) is 0 Å². The van der Waals surface area contributed by atoms with Crippen molar-refractivity contribution in [3.8, 4) is 0 Å². The van der Waals surface area contributed by atoms with E-state index in [1.165, 1.54) is 22.0 Å². The first-order valence-electron chi connectivity index (χ1n) is 5.90. The molecule has 0 atom stereocenters. The van der Waals surface area contributed by atoms with Gasteiger partial charge in [-0.05, 0) is 41.1 Å². The summed E-state index contributed by atoms with van der Waals surface area (Å²) in [5, 5.41) is 5.84. The summed E-state index contributed by atoms with van der Waals surface area (Å²) in [4.78, 5) is 0. The molecule has 18 heavy (non-hydrogen) atoms. The molecule has 1 heterocycles. The summed E-state index contributed by atoms with van der Waals surface area (Å²) in [5.74, 6) is 0. The lowest BCUT2D eigenvalue weighted by molar-refractivity contribution is 0.705. The molecule has 2 aromatic carbocycles. The number of benzene rings is 2. The highest BCUT2D eigenvalue weighted by Crippen LogP contribution is 2.20. The molecule has 0 aliphatic carbocycles. The van der Waals surface area contributed by atoms with Crippen LogP contribution in [-0.4, -0.2) is 9.78 Å². The quantitative estimate of drug-likeness (QED) is 0.640. The van der Waals surface area contributed by atoms with Gasteiger partial charge in [-0.3, -0.25) is 4.68 Å². The molecule has 0 saturated heterocycles. The van der Waals surface area contributed by atoms with Gasteiger partial charge in [0.25, 0.3) is 0 Å². The van der Waals surface area contributed by atoms with Crippen molar-refractivity contribution in [1.82, 2.24) is 9.78 Å². The standard InChI is InChI=1S/C15H13IN2/c1-11-6-8-12(9-7-11)10-18-14-5-3-2-4-13(14)15(16)17-18/h2-9H,10H2,1H3. The van der Waals surface area contributed by atoms with E-state index >= 15 is 0 Å². The molecule has 0 radical (unpaired) electrons. The van der Waals surface area contributed by atoms with E-state index in [0.717, 1.165) is 10.2 Å². The molecule has 0 N–H and O–H groups in total.